The molecule has 0 saturated heterocycles. The maximum absolute atomic E-state index is 12.2. The fourth-order valence-electron chi connectivity index (χ4n) is 2.23. The topological polar surface area (TPSA) is 58.6 Å². The third-order valence-corrected chi connectivity index (χ3v) is 4.30. The smallest absolute Gasteiger partial charge is 0.413 e. The zero-order valence-corrected chi connectivity index (χ0v) is 12.7. The molecule has 0 aliphatic rings. The molecule has 5 heteroatoms. The molecule has 22 heavy (non-hydrogen) atoms. The Morgan fingerprint density at radius 2 is 1.59 bits per heavy atom. The van der Waals surface area contributed by atoms with Gasteiger partial charge in [-0.15, -0.1) is 0 Å². The van der Waals surface area contributed by atoms with Crippen LogP contribution in [-0.4, -0.2) is 4.89 Å². The van der Waals surface area contributed by atoms with Gasteiger partial charge in [-0.25, -0.2) is 9.65 Å². The summed E-state index contributed by atoms with van der Waals surface area (Å²) in [6.07, 6.45) is 0. The predicted molar refractivity (Wildman–Crippen MR) is 87.7 cm³/mol. The van der Waals surface area contributed by atoms with Crippen molar-refractivity contribution in [3.8, 4) is 5.75 Å². The van der Waals surface area contributed by atoms with Gasteiger partial charge in [0, 0.05) is 11.9 Å². The lowest BCUT2D eigenvalue weighted by molar-refractivity contribution is 0.365. The molecule has 0 fully saturated rings. The van der Waals surface area contributed by atoms with Crippen molar-refractivity contribution in [3.05, 3.63) is 78.4 Å². The maximum atomic E-state index is 12.2. The van der Waals surface area contributed by atoms with Gasteiger partial charge in [-0.3, -0.25) is 0 Å². The summed E-state index contributed by atoms with van der Waals surface area (Å²) in [5.74, 6) is 0.393. The summed E-state index contributed by atoms with van der Waals surface area (Å²) in [6, 6.07) is 22.4. The molecule has 3 rings (SSSR count). The van der Waals surface area contributed by atoms with Gasteiger partial charge in [0.1, 0.15) is 5.75 Å². The van der Waals surface area contributed by atoms with E-state index in [0.29, 0.717) is 5.75 Å². The van der Waals surface area contributed by atoms with Gasteiger partial charge >= 0.3 is 7.75 Å². The van der Waals surface area contributed by atoms with Gasteiger partial charge in [-0.2, -0.15) is 0 Å². The van der Waals surface area contributed by atoms with Gasteiger partial charge in [0.05, 0.1) is 0 Å². The quantitative estimate of drug-likeness (QED) is 0.696. The SMILES string of the molecule is O=P(O)(NCc1ccccc1)Oc1cccc2ccccc12. The average Bonchev–Trinajstić information content (AvgIpc) is 2.54. The summed E-state index contributed by atoms with van der Waals surface area (Å²) in [7, 11) is -3.93. The predicted octanol–water partition coefficient (Wildman–Crippen LogP) is 4.11. The lowest BCUT2D eigenvalue weighted by Gasteiger charge is -2.15. The van der Waals surface area contributed by atoms with Gasteiger partial charge in [-0.1, -0.05) is 66.7 Å². The van der Waals surface area contributed by atoms with Crippen LogP contribution in [0.5, 0.6) is 5.75 Å². The zero-order chi connectivity index (χ0) is 15.4. The van der Waals surface area contributed by atoms with Crippen molar-refractivity contribution in [1.82, 2.24) is 5.09 Å². The van der Waals surface area contributed by atoms with Crippen molar-refractivity contribution in [1.29, 1.82) is 0 Å². The van der Waals surface area contributed by atoms with Crippen molar-refractivity contribution in [3.63, 3.8) is 0 Å². The second kappa shape index (κ2) is 6.32. The minimum absolute atomic E-state index is 0.263. The third-order valence-electron chi connectivity index (χ3n) is 3.30. The van der Waals surface area contributed by atoms with Gasteiger partial charge in [0.15, 0.2) is 0 Å². The summed E-state index contributed by atoms with van der Waals surface area (Å²) in [4.78, 5) is 10.0. The number of rotatable bonds is 5. The van der Waals surface area contributed by atoms with Crippen LogP contribution in [0.25, 0.3) is 10.8 Å². The molecule has 0 heterocycles. The number of hydrogen-bond donors (Lipinski definition) is 2. The normalized spacial score (nSPS) is 13.7. The molecule has 0 radical (unpaired) electrons. The van der Waals surface area contributed by atoms with Crippen LogP contribution in [0.3, 0.4) is 0 Å². The molecule has 1 atom stereocenters. The Morgan fingerprint density at radius 3 is 2.41 bits per heavy atom. The highest BCUT2D eigenvalue weighted by molar-refractivity contribution is 7.51. The van der Waals surface area contributed by atoms with E-state index >= 15 is 0 Å². The van der Waals surface area contributed by atoms with E-state index in [4.69, 9.17) is 4.52 Å². The first-order valence-electron chi connectivity index (χ1n) is 6.93. The number of benzene rings is 3. The Balaban J connectivity index is 1.77. The fraction of sp³-hybridized carbons (Fsp3) is 0.0588. The Bertz CT molecular complexity index is 815. The highest BCUT2D eigenvalue weighted by atomic mass is 31.2. The number of hydrogen-bond acceptors (Lipinski definition) is 2. The van der Waals surface area contributed by atoms with Crippen molar-refractivity contribution >= 4 is 18.5 Å². The standard InChI is InChI=1S/C17H16NO3P/c19-22(20,18-13-14-7-2-1-3-8-14)21-17-12-6-10-15-9-4-5-11-16(15)17/h1-12H,13H2,(H2,18,19,20). The molecular weight excluding hydrogens is 297 g/mol. The van der Waals surface area contributed by atoms with Gasteiger partial charge in [-0.05, 0) is 17.0 Å². The first-order valence-corrected chi connectivity index (χ1v) is 8.51. The van der Waals surface area contributed by atoms with E-state index in [9.17, 15) is 9.46 Å². The average molecular weight is 313 g/mol. The van der Waals surface area contributed by atoms with Crippen LogP contribution in [0, 0.1) is 0 Å². The molecule has 0 aliphatic heterocycles. The van der Waals surface area contributed by atoms with E-state index in [0.717, 1.165) is 16.3 Å². The lowest BCUT2D eigenvalue weighted by atomic mass is 10.1. The highest BCUT2D eigenvalue weighted by Gasteiger charge is 2.21. The summed E-state index contributed by atoms with van der Waals surface area (Å²) in [5, 5.41) is 4.34. The maximum Gasteiger partial charge on any atom is 0.456 e. The first kappa shape index (κ1) is 14.8. The lowest BCUT2D eigenvalue weighted by Crippen LogP contribution is -2.13. The van der Waals surface area contributed by atoms with Crippen LogP contribution in [0.15, 0.2) is 72.8 Å². The van der Waals surface area contributed by atoms with E-state index in [2.05, 4.69) is 5.09 Å². The number of fused-ring (bicyclic) bond motifs is 1. The Labute approximate surface area is 129 Å². The first-order chi connectivity index (χ1) is 10.6. The van der Waals surface area contributed by atoms with E-state index in [1.54, 1.807) is 12.1 Å². The summed E-state index contributed by atoms with van der Waals surface area (Å²) < 4.78 is 17.6. The molecule has 0 bridgehead atoms. The zero-order valence-electron chi connectivity index (χ0n) is 11.8. The second-order valence-electron chi connectivity index (χ2n) is 4.91. The largest absolute Gasteiger partial charge is 0.456 e. The van der Waals surface area contributed by atoms with Crippen LogP contribution in [0.1, 0.15) is 5.56 Å². The highest BCUT2D eigenvalue weighted by Crippen LogP contribution is 2.41. The summed E-state index contributed by atoms with van der Waals surface area (Å²) in [5.41, 5.74) is 0.915. The van der Waals surface area contributed by atoms with Crippen molar-refractivity contribution in [2.45, 2.75) is 6.54 Å². The van der Waals surface area contributed by atoms with Crippen molar-refractivity contribution < 1.29 is 14.0 Å². The van der Waals surface area contributed by atoms with Crippen LogP contribution in [-0.2, 0) is 11.1 Å². The number of nitrogens with one attached hydrogen (secondary N) is 1. The van der Waals surface area contributed by atoms with Crippen LogP contribution in [0.2, 0.25) is 0 Å². The van der Waals surface area contributed by atoms with Gasteiger partial charge in [0.25, 0.3) is 0 Å². The Kier molecular flexibility index (Phi) is 4.25. The molecular formula is C17H16NO3P. The van der Waals surface area contributed by atoms with Crippen molar-refractivity contribution in [2.24, 2.45) is 0 Å². The molecule has 0 amide bonds. The minimum atomic E-state index is -3.93. The summed E-state index contributed by atoms with van der Waals surface area (Å²) >= 11 is 0. The molecule has 1 unspecified atom stereocenters. The molecule has 3 aromatic carbocycles. The van der Waals surface area contributed by atoms with Gasteiger partial charge in [0.2, 0.25) is 0 Å². The summed E-state index contributed by atoms with van der Waals surface area (Å²) in [6.45, 7) is 0.263. The monoisotopic (exact) mass is 313 g/mol. The fourth-order valence-corrected chi connectivity index (χ4v) is 3.10. The van der Waals surface area contributed by atoms with E-state index in [-0.39, 0.29) is 6.54 Å². The van der Waals surface area contributed by atoms with Crippen molar-refractivity contribution in [2.75, 3.05) is 0 Å². The molecule has 4 nitrogen and oxygen atoms in total. The molecule has 2 N–H and O–H groups in total. The molecule has 0 aliphatic carbocycles. The Morgan fingerprint density at radius 1 is 0.909 bits per heavy atom. The molecule has 0 saturated carbocycles. The van der Waals surface area contributed by atoms with Crippen LogP contribution >= 0.6 is 7.75 Å². The molecule has 3 aromatic rings. The second-order valence-corrected chi connectivity index (χ2v) is 6.45. The third kappa shape index (κ3) is 3.55. The van der Waals surface area contributed by atoms with E-state index < -0.39 is 7.75 Å². The van der Waals surface area contributed by atoms with E-state index in [1.165, 1.54) is 0 Å². The molecule has 0 aromatic heterocycles. The Hall–Kier alpha value is -2.13. The minimum Gasteiger partial charge on any atom is -0.413 e. The molecule has 112 valence electrons. The van der Waals surface area contributed by atoms with Crippen LogP contribution < -0.4 is 9.61 Å². The molecule has 0 spiro atoms. The van der Waals surface area contributed by atoms with E-state index in [1.807, 2.05) is 60.7 Å². The van der Waals surface area contributed by atoms with Crippen LogP contribution in [0.4, 0.5) is 0 Å². The van der Waals surface area contributed by atoms with Gasteiger partial charge < -0.3 is 9.42 Å².